The zero-order valence-corrected chi connectivity index (χ0v) is 19.5. The van der Waals surface area contributed by atoms with Crippen LogP contribution in [0, 0.1) is 24.0 Å². The second-order valence-corrected chi connectivity index (χ2v) is 8.50. The van der Waals surface area contributed by atoms with E-state index in [1.165, 1.54) is 17.8 Å². The Kier molecular flexibility index (Phi) is 7.44. The second kappa shape index (κ2) is 10.3. The molecule has 33 heavy (non-hydrogen) atoms. The Hall–Kier alpha value is -3.73. The third kappa shape index (κ3) is 5.95. The maximum atomic E-state index is 12.5. The van der Waals surface area contributed by atoms with Crippen LogP contribution >= 0.6 is 11.8 Å². The number of nitrogens with zero attached hydrogens (tertiary/aromatic N) is 4. The third-order valence-corrected chi connectivity index (χ3v) is 5.93. The molecule has 2 aromatic carbocycles. The lowest BCUT2D eigenvalue weighted by molar-refractivity contribution is -0.385. The number of hydrogen-bond donors (Lipinski definition) is 2. The van der Waals surface area contributed by atoms with Crippen LogP contribution in [0.5, 0.6) is 0 Å². The van der Waals surface area contributed by atoms with Crippen molar-refractivity contribution in [3.63, 3.8) is 0 Å². The number of thioether (sulfide) groups is 1. The van der Waals surface area contributed by atoms with Gasteiger partial charge in [0.05, 0.1) is 16.7 Å². The lowest BCUT2D eigenvalue weighted by Crippen LogP contribution is -2.28. The van der Waals surface area contributed by atoms with Gasteiger partial charge in [-0.1, -0.05) is 35.5 Å². The Labute approximate surface area is 194 Å². The molecule has 1 atom stereocenters. The minimum Gasteiger partial charge on any atom is -0.342 e. The van der Waals surface area contributed by atoms with E-state index in [0.29, 0.717) is 27.8 Å². The first-order valence-corrected chi connectivity index (χ1v) is 11.1. The number of hydrogen-bond acceptors (Lipinski definition) is 7. The van der Waals surface area contributed by atoms with Gasteiger partial charge in [-0.25, -0.2) is 0 Å². The number of benzene rings is 2. The Morgan fingerprint density at radius 3 is 2.64 bits per heavy atom. The smallest absolute Gasteiger partial charge is 0.274 e. The van der Waals surface area contributed by atoms with Gasteiger partial charge in [0.15, 0.2) is 11.0 Å². The summed E-state index contributed by atoms with van der Waals surface area (Å²) in [5, 5.41) is 25.4. The molecule has 0 radical (unpaired) electrons. The molecule has 11 heteroatoms. The van der Waals surface area contributed by atoms with Crippen molar-refractivity contribution in [2.75, 3.05) is 11.1 Å². The van der Waals surface area contributed by atoms with Gasteiger partial charge in [0.2, 0.25) is 5.91 Å². The summed E-state index contributed by atoms with van der Waals surface area (Å²) in [6.07, 6.45) is 0. The number of anilines is 1. The predicted octanol–water partition coefficient (Wildman–Crippen LogP) is 3.56. The number of amides is 2. The summed E-state index contributed by atoms with van der Waals surface area (Å²) < 4.78 is 1.72. The van der Waals surface area contributed by atoms with E-state index in [0.717, 1.165) is 5.56 Å². The van der Waals surface area contributed by atoms with Gasteiger partial charge in [0, 0.05) is 29.9 Å². The van der Waals surface area contributed by atoms with Gasteiger partial charge in [-0.2, -0.15) is 0 Å². The molecule has 0 unspecified atom stereocenters. The first-order chi connectivity index (χ1) is 15.7. The fraction of sp³-hybridized carbons (Fsp3) is 0.273. The predicted molar refractivity (Wildman–Crippen MR) is 125 cm³/mol. The van der Waals surface area contributed by atoms with Gasteiger partial charge >= 0.3 is 0 Å². The molecule has 0 saturated carbocycles. The maximum Gasteiger partial charge on any atom is 0.274 e. The number of nitro benzene ring substituents is 1. The summed E-state index contributed by atoms with van der Waals surface area (Å²) in [5.41, 5.74) is 2.37. The van der Waals surface area contributed by atoms with Crippen LogP contribution < -0.4 is 10.6 Å². The number of carbonyl (C=O) groups excluding carboxylic acids is 2. The van der Waals surface area contributed by atoms with Crippen LogP contribution in [-0.2, 0) is 11.8 Å². The lowest BCUT2D eigenvalue weighted by Gasteiger charge is -2.14. The zero-order chi connectivity index (χ0) is 24.1. The second-order valence-electron chi connectivity index (χ2n) is 7.56. The summed E-state index contributed by atoms with van der Waals surface area (Å²) in [6.45, 7) is 5.36. The molecule has 172 valence electrons. The minimum atomic E-state index is -0.486. The molecular formula is C22H24N6O4S. The van der Waals surface area contributed by atoms with Crippen molar-refractivity contribution in [2.45, 2.75) is 32.0 Å². The molecule has 2 amide bonds. The Morgan fingerprint density at radius 2 is 1.94 bits per heavy atom. The monoisotopic (exact) mass is 468 g/mol. The van der Waals surface area contributed by atoms with Crippen LogP contribution in [0.1, 0.15) is 40.3 Å². The summed E-state index contributed by atoms with van der Waals surface area (Å²) in [6, 6.07) is 11.4. The highest BCUT2D eigenvalue weighted by molar-refractivity contribution is 7.99. The van der Waals surface area contributed by atoms with Crippen LogP contribution in [0.2, 0.25) is 0 Å². The summed E-state index contributed by atoms with van der Waals surface area (Å²) in [7, 11) is 1.76. The summed E-state index contributed by atoms with van der Waals surface area (Å²) in [4.78, 5) is 35.4. The van der Waals surface area contributed by atoms with Gasteiger partial charge in [-0.15, -0.1) is 10.2 Å². The van der Waals surface area contributed by atoms with E-state index in [2.05, 4.69) is 20.8 Å². The molecule has 3 rings (SSSR count). The first kappa shape index (κ1) is 23.9. The number of aromatic nitrogens is 3. The van der Waals surface area contributed by atoms with Gasteiger partial charge in [0.25, 0.3) is 11.6 Å². The van der Waals surface area contributed by atoms with Crippen molar-refractivity contribution in [1.29, 1.82) is 0 Å². The Balaban J connectivity index is 1.59. The molecular weight excluding hydrogens is 444 g/mol. The summed E-state index contributed by atoms with van der Waals surface area (Å²) >= 11 is 1.17. The van der Waals surface area contributed by atoms with Gasteiger partial charge in [-0.3, -0.25) is 19.7 Å². The first-order valence-electron chi connectivity index (χ1n) is 10.1. The molecule has 0 fully saturated rings. The van der Waals surface area contributed by atoms with E-state index in [1.807, 2.05) is 26.0 Å². The third-order valence-electron chi connectivity index (χ3n) is 4.91. The van der Waals surface area contributed by atoms with Crippen LogP contribution in [-0.4, -0.2) is 37.3 Å². The lowest BCUT2D eigenvalue weighted by atomic mass is 10.1. The van der Waals surface area contributed by atoms with Crippen molar-refractivity contribution >= 4 is 35.0 Å². The molecule has 2 N–H and O–H groups in total. The largest absolute Gasteiger partial charge is 0.342 e. The van der Waals surface area contributed by atoms with E-state index < -0.39 is 11.0 Å². The molecule has 10 nitrogen and oxygen atoms in total. The summed E-state index contributed by atoms with van der Waals surface area (Å²) in [5.74, 6) is 0.0454. The maximum absolute atomic E-state index is 12.5. The van der Waals surface area contributed by atoms with Crippen molar-refractivity contribution in [2.24, 2.45) is 7.05 Å². The van der Waals surface area contributed by atoms with Crippen LogP contribution in [0.15, 0.2) is 47.6 Å². The van der Waals surface area contributed by atoms with E-state index >= 15 is 0 Å². The topological polar surface area (TPSA) is 132 Å². The SMILES string of the molecule is Cc1cccc(C(=O)N[C@@H](C)c2nnc(SCC(=O)Nc3ccc(C)c([N+](=O)[O-])c3)n2C)c1. The molecule has 0 aliphatic heterocycles. The van der Waals surface area contributed by atoms with E-state index in [4.69, 9.17) is 0 Å². The van der Waals surface area contributed by atoms with Crippen molar-refractivity contribution in [1.82, 2.24) is 20.1 Å². The number of aryl methyl sites for hydroxylation is 2. The molecule has 3 aromatic rings. The van der Waals surface area contributed by atoms with Crippen LogP contribution in [0.4, 0.5) is 11.4 Å². The van der Waals surface area contributed by atoms with E-state index in [9.17, 15) is 19.7 Å². The zero-order valence-electron chi connectivity index (χ0n) is 18.7. The number of nitrogens with one attached hydrogen (secondary N) is 2. The molecule has 1 heterocycles. The van der Waals surface area contributed by atoms with Crippen LogP contribution in [0.25, 0.3) is 0 Å². The average molecular weight is 469 g/mol. The minimum absolute atomic E-state index is 0.0394. The highest BCUT2D eigenvalue weighted by Gasteiger charge is 2.19. The number of carbonyl (C=O) groups is 2. The Morgan fingerprint density at radius 1 is 1.18 bits per heavy atom. The fourth-order valence-corrected chi connectivity index (χ4v) is 3.89. The van der Waals surface area contributed by atoms with Crippen molar-refractivity contribution in [3.8, 4) is 0 Å². The molecule has 0 spiro atoms. The molecule has 0 aliphatic rings. The highest BCUT2D eigenvalue weighted by Crippen LogP contribution is 2.23. The fourth-order valence-electron chi connectivity index (χ4n) is 3.17. The van der Waals surface area contributed by atoms with Crippen molar-refractivity contribution in [3.05, 3.63) is 75.1 Å². The van der Waals surface area contributed by atoms with Gasteiger partial charge in [0.1, 0.15) is 0 Å². The van der Waals surface area contributed by atoms with E-state index in [1.54, 1.807) is 42.8 Å². The Bertz CT molecular complexity index is 1210. The molecule has 1 aromatic heterocycles. The van der Waals surface area contributed by atoms with Crippen molar-refractivity contribution < 1.29 is 14.5 Å². The normalized spacial score (nSPS) is 11.6. The van der Waals surface area contributed by atoms with Crippen LogP contribution in [0.3, 0.4) is 0 Å². The van der Waals surface area contributed by atoms with E-state index in [-0.39, 0.29) is 23.3 Å². The molecule has 0 aliphatic carbocycles. The molecule has 0 saturated heterocycles. The highest BCUT2D eigenvalue weighted by atomic mass is 32.2. The average Bonchev–Trinajstić information content (AvgIpc) is 3.13. The standard InChI is InChI=1S/C22H24N6O4S/c1-13-6-5-7-16(10-13)21(30)23-15(3)20-25-26-22(27(20)4)33-12-19(29)24-17-9-8-14(2)18(11-17)28(31)32/h5-11,15H,12H2,1-4H3,(H,23,30)(H,24,29)/t15-/m0/s1. The number of rotatable bonds is 8. The van der Waals surface area contributed by atoms with Gasteiger partial charge < -0.3 is 15.2 Å². The quantitative estimate of drug-likeness (QED) is 0.293. The van der Waals surface area contributed by atoms with Gasteiger partial charge in [-0.05, 0) is 39.0 Å². The molecule has 0 bridgehead atoms. The number of nitro groups is 1.